The van der Waals surface area contributed by atoms with Crippen LogP contribution in [0.5, 0.6) is 17.2 Å². The molecule has 0 amide bonds. The molecule has 1 N–H and O–H groups in total. The van der Waals surface area contributed by atoms with Crippen LogP contribution in [0.1, 0.15) is 29.7 Å². The number of ether oxygens (including phenoxy) is 4. The molecule has 1 aliphatic rings. The van der Waals surface area contributed by atoms with Crippen LogP contribution in [-0.2, 0) is 11.3 Å². The summed E-state index contributed by atoms with van der Waals surface area (Å²) in [7, 11) is 4.99. The molecule has 30 heavy (non-hydrogen) atoms. The van der Waals surface area contributed by atoms with Crippen molar-refractivity contribution >= 4 is 11.6 Å². The number of hydrogen-bond acceptors (Lipinski definition) is 6. The quantitative estimate of drug-likeness (QED) is 0.467. The Labute approximate surface area is 182 Å². The van der Waals surface area contributed by atoms with Gasteiger partial charge in [0.2, 0.25) is 0 Å². The summed E-state index contributed by atoms with van der Waals surface area (Å²) in [5.74, 6) is 2.07. The monoisotopic (exact) mass is 430 g/mol. The SMILES string of the molecule is C=C(OC)Oc1c(COc2ccc(C3NN(C)C(Cl)=C3C)cc2C)cccc1OC. The number of methoxy groups -OCH3 is 2. The second-order valence-electron chi connectivity index (χ2n) is 7.04. The average molecular weight is 431 g/mol. The van der Waals surface area contributed by atoms with Crippen LogP contribution in [0.3, 0.4) is 0 Å². The van der Waals surface area contributed by atoms with E-state index in [9.17, 15) is 0 Å². The van der Waals surface area contributed by atoms with Gasteiger partial charge in [0, 0.05) is 12.6 Å². The van der Waals surface area contributed by atoms with Crippen molar-refractivity contribution in [2.45, 2.75) is 26.5 Å². The first-order chi connectivity index (χ1) is 14.3. The lowest BCUT2D eigenvalue weighted by molar-refractivity contribution is 0.147. The molecule has 0 saturated heterocycles. The Balaban J connectivity index is 1.78. The molecule has 7 heteroatoms. The third-order valence-electron chi connectivity index (χ3n) is 5.02. The fraction of sp³-hybridized carbons (Fsp3) is 0.304. The summed E-state index contributed by atoms with van der Waals surface area (Å²) in [5, 5.41) is 2.56. The van der Waals surface area contributed by atoms with Gasteiger partial charge in [0.05, 0.1) is 20.3 Å². The maximum Gasteiger partial charge on any atom is 0.276 e. The summed E-state index contributed by atoms with van der Waals surface area (Å²) < 4.78 is 22.2. The minimum Gasteiger partial charge on any atom is -0.493 e. The van der Waals surface area contributed by atoms with Gasteiger partial charge < -0.3 is 24.0 Å². The van der Waals surface area contributed by atoms with Gasteiger partial charge in [-0.15, -0.1) is 0 Å². The van der Waals surface area contributed by atoms with E-state index in [1.165, 1.54) is 7.11 Å². The zero-order valence-corrected chi connectivity index (χ0v) is 18.7. The fourth-order valence-corrected chi connectivity index (χ4v) is 3.49. The number of hydrogen-bond donors (Lipinski definition) is 1. The number of halogens is 1. The Kier molecular flexibility index (Phi) is 6.80. The minimum absolute atomic E-state index is 0.0497. The van der Waals surface area contributed by atoms with E-state index in [4.69, 9.17) is 30.5 Å². The molecule has 1 unspecified atom stereocenters. The van der Waals surface area contributed by atoms with Gasteiger partial charge in [0.25, 0.3) is 5.95 Å². The first-order valence-electron chi connectivity index (χ1n) is 9.51. The lowest BCUT2D eigenvalue weighted by atomic mass is 10.00. The van der Waals surface area contributed by atoms with Crippen molar-refractivity contribution in [1.29, 1.82) is 0 Å². The van der Waals surface area contributed by atoms with Crippen molar-refractivity contribution in [2.24, 2.45) is 0 Å². The standard InChI is InChI=1S/C23H27ClN2O4/c1-14-12-17(21-15(2)23(24)26(4)25-21)10-11-19(14)29-13-18-8-7-9-20(28-6)22(18)30-16(3)27-5/h7-12,21,25H,3,13H2,1-2,4-6H3. The molecule has 0 bridgehead atoms. The highest BCUT2D eigenvalue weighted by atomic mass is 35.5. The van der Waals surface area contributed by atoms with E-state index >= 15 is 0 Å². The van der Waals surface area contributed by atoms with Gasteiger partial charge in [-0.25, -0.2) is 5.43 Å². The van der Waals surface area contributed by atoms with E-state index in [1.54, 1.807) is 7.11 Å². The Morgan fingerprint density at radius 3 is 2.53 bits per heavy atom. The Bertz CT molecular complexity index is 974. The number of nitrogens with zero attached hydrogens (tertiary/aromatic N) is 1. The number of benzene rings is 2. The Morgan fingerprint density at radius 2 is 1.93 bits per heavy atom. The normalized spacial score (nSPS) is 15.9. The summed E-state index contributed by atoms with van der Waals surface area (Å²) >= 11 is 6.31. The number of rotatable bonds is 8. The van der Waals surface area contributed by atoms with Crippen LogP contribution >= 0.6 is 11.6 Å². The molecule has 0 aromatic heterocycles. The largest absolute Gasteiger partial charge is 0.493 e. The van der Waals surface area contributed by atoms with Gasteiger partial charge in [-0.1, -0.05) is 35.9 Å². The van der Waals surface area contributed by atoms with E-state index < -0.39 is 0 Å². The highest BCUT2D eigenvalue weighted by Gasteiger charge is 2.26. The summed E-state index contributed by atoms with van der Waals surface area (Å²) in [6.45, 7) is 8.07. The zero-order chi connectivity index (χ0) is 21.8. The van der Waals surface area contributed by atoms with Crippen LogP contribution in [0.2, 0.25) is 0 Å². The van der Waals surface area contributed by atoms with Crippen molar-refractivity contribution < 1.29 is 18.9 Å². The van der Waals surface area contributed by atoms with E-state index in [0.29, 0.717) is 18.1 Å². The lowest BCUT2D eigenvalue weighted by Gasteiger charge is -2.19. The minimum atomic E-state index is 0.0497. The number of para-hydroxylation sites is 1. The van der Waals surface area contributed by atoms with Gasteiger partial charge in [-0.05, 0) is 49.3 Å². The molecule has 0 aliphatic carbocycles. The van der Waals surface area contributed by atoms with E-state index in [1.807, 2.05) is 56.2 Å². The van der Waals surface area contributed by atoms with Crippen molar-refractivity contribution in [3.63, 3.8) is 0 Å². The zero-order valence-electron chi connectivity index (χ0n) is 17.9. The third-order valence-corrected chi connectivity index (χ3v) is 5.57. The van der Waals surface area contributed by atoms with Crippen molar-refractivity contribution in [3.05, 3.63) is 76.3 Å². The molecule has 0 spiro atoms. The second-order valence-corrected chi connectivity index (χ2v) is 7.39. The molecular formula is C23H27ClN2O4. The van der Waals surface area contributed by atoms with Crippen LogP contribution in [0.4, 0.5) is 0 Å². The predicted octanol–water partition coefficient (Wildman–Crippen LogP) is 5.04. The molecule has 1 heterocycles. The summed E-state index contributed by atoms with van der Waals surface area (Å²) in [5.41, 5.74) is 7.41. The molecule has 2 aromatic rings. The molecule has 0 radical (unpaired) electrons. The predicted molar refractivity (Wildman–Crippen MR) is 117 cm³/mol. The first-order valence-corrected chi connectivity index (χ1v) is 9.89. The summed E-state index contributed by atoms with van der Waals surface area (Å²) in [6, 6.07) is 11.8. The van der Waals surface area contributed by atoms with Crippen molar-refractivity contribution in [3.8, 4) is 17.2 Å². The summed E-state index contributed by atoms with van der Waals surface area (Å²) in [6.07, 6.45) is 0. The molecule has 2 aromatic carbocycles. The van der Waals surface area contributed by atoms with Gasteiger partial charge in [-0.2, -0.15) is 0 Å². The van der Waals surface area contributed by atoms with Crippen LogP contribution in [0.25, 0.3) is 0 Å². The van der Waals surface area contributed by atoms with E-state index in [2.05, 4.69) is 18.1 Å². The van der Waals surface area contributed by atoms with Crippen LogP contribution in [0, 0.1) is 6.92 Å². The number of aryl methyl sites for hydroxylation is 1. The van der Waals surface area contributed by atoms with E-state index in [0.717, 1.165) is 33.2 Å². The molecular weight excluding hydrogens is 404 g/mol. The molecule has 6 nitrogen and oxygen atoms in total. The van der Waals surface area contributed by atoms with Crippen molar-refractivity contribution in [1.82, 2.24) is 10.4 Å². The van der Waals surface area contributed by atoms with E-state index in [-0.39, 0.29) is 12.0 Å². The van der Waals surface area contributed by atoms with Gasteiger partial charge in [-0.3, -0.25) is 0 Å². The molecule has 160 valence electrons. The van der Waals surface area contributed by atoms with Crippen LogP contribution in [-0.4, -0.2) is 26.3 Å². The smallest absolute Gasteiger partial charge is 0.276 e. The molecule has 3 rings (SSSR count). The highest BCUT2D eigenvalue weighted by Crippen LogP contribution is 2.36. The van der Waals surface area contributed by atoms with Crippen molar-refractivity contribution in [2.75, 3.05) is 21.3 Å². The van der Waals surface area contributed by atoms with Gasteiger partial charge >= 0.3 is 0 Å². The summed E-state index contributed by atoms with van der Waals surface area (Å²) in [4.78, 5) is 0. The maximum atomic E-state index is 6.31. The topological polar surface area (TPSA) is 52.2 Å². The average Bonchev–Trinajstić information content (AvgIpc) is 3.00. The molecule has 1 aliphatic heterocycles. The van der Waals surface area contributed by atoms with Gasteiger partial charge in [0.15, 0.2) is 11.5 Å². The number of hydrazine groups is 1. The van der Waals surface area contributed by atoms with Crippen LogP contribution < -0.4 is 19.6 Å². The molecule has 1 atom stereocenters. The lowest BCUT2D eigenvalue weighted by Crippen LogP contribution is -2.28. The van der Waals surface area contributed by atoms with Crippen LogP contribution in [0.15, 0.2) is 59.7 Å². The molecule has 0 saturated carbocycles. The number of nitrogens with one attached hydrogen (secondary N) is 1. The Hall–Kier alpha value is -2.83. The third kappa shape index (κ3) is 4.50. The first kappa shape index (κ1) is 21.9. The maximum absolute atomic E-state index is 6.31. The molecule has 0 fully saturated rings. The second kappa shape index (κ2) is 9.32. The van der Waals surface area contributed by atoms with Gasteiger partial charge in [0.1, 0.15) is 17.5 Å². The highest BCUT2D eigenvalue weighted by molar-refractivity contribution is 6.29. The fourth-order valence-electron chi connectivity index (χ4n) is 3.33. The Morgan fingerprint density at radius 1 is 1.17 bits per heavy atom.